The van der Waals surface area contributed by atoms with Crippen LogP contribution in [0.25, 0.3) is 11.4 Å². The molecule has 0 radical (unpaired) electrons. The van der Waals surface area contributed by atoms with E-state index in [0.29, 0.717) is 6.29 Å². The van der Waals surface area contributed by atoms with Crippen molar-refractivity contribution in [3.05, 3.63) is 35.5 Å². The zero-order valence-electron chi connectivity index (χ0n) is 12.3. The summed E-state index contributed by atoms with van der Waals surface area (Å²) < 4.78 is 65.4. The predicted molar refractivity (Wildman–Crippen MR) is 71.3 cm³/mol. The summed E-state index contributed by atoms with van der Waals surface area (Å²) in [6, 6.07) is 3.44. The number of carbonyl (C=O) groups excluding carboxylic acids is 1. The molecular weight excluding hydrogens is 336 g/mol. The van der Waals surface area contributed by atoms with Gasteiger partial charge in [-0.25, -0.2) is 4.39 Å². The summed E-state index contributed by atoms with van der Waals surface area (Å²) in [5.74, 6) is -3.03. The Balaban J connectivity index is 2.23. The first-order valence-corrected chi connectivity index (χ1v) is 6.63. The van der Waals surface area contributed by atoms with E-state index >= 15 is 0 Å². The fourth-order valence-corrected chi connectivity index (χ4v) is 1.81. The Hall–Kier alpha value is -2.33. The second-order valence-corrected chi connectivity index (χ2v) is 4.58. The number of aromatic nitrogens is 2. The van der Waals surface area contributed by atoms with Gasteiger partial charge in [-0.2, -0.15) is 18.2 Å². The van der Waals surface area contributed by atoms with Gasteiger partial charge >= 0.3 is 12.1 Å². The Bertz CT molecular complexity index is 702. The first-order valence-electron chi connectivity index (χ1n) is 6.63. The zero-order chi connectivity index (χ0) is 17.7. The molecular formula is C14H12F4N2O4. The van der Waals surface area contributed by atoms with Crippen LogP contribution >= 0.6 is 0 Å². The van der Waals surface area contributed by atoms with Crippen molar-refractivity contribution in [2.24, 2.45) is 0 Å². The van der Waals surface area contributed by atoms with Gasteiger partial charge in [0.05, 0.1) is 18.8 Å². The summed E-state index contributed by atoms with van der Waals surface area (Å²) in [6.45, 7) is 0.358. The summed E-state index contributed by atoms with van der Waals surface area (Å²) in [5, 5.41) is 3.11. The molecule has 10 heteroatoms. The fourth-order valence-electron chi connectivity index (χ4n) is 1.81. The topological polar surface area (TPSA) is 74.5 Å². The van der Waals surface area contributed by atoms with Crippen molar-refractivity contribution in [1.82, 2.24) is 10.1 Å². The lowest BCUT2D eigenvalue weighted by Gasteiger charge is -2.12. The normalized spacial score (nSPS) is 13.0. The summed E-state index contributed by atoms with van der Waals surface area (Å²) in [5.41, 5.74) is -0.0959. The second-order valence-electron chi connectivity index (χ2n) is 4.58. The molecule has 0 aliphatic rings. The van der Waals surface area contributed by atoms with Crippen LogP contribution in [0.2, 0.25) is 0 Å². The Morgan fingerprint density at radius 3 is 2.62 bits per heavy atom. The molecule has 0 N–H and O–H groups in total. The molecule has 0 aliphatic carbocycles. The van der Waals surface area contributed by atoms with Crippen LogP contribution in [-0.4, -0.2) is 36.8 Å². The number of aldehydes is 1. The summed E-state index contributed by atoms with van der Waals surface area (Å²) >= 11 is 0. The molecule has 24 heavy (non-hydrogen) atoms. The van der Waals surface area contributed by atoms with Crippen LogP contribution in [0.5, 0.6) is 0 Å². The SMILES string of the molecule is COCCOC(C=O)c1ccc(-c2noc(C(F)(F)F)n2)c(F)c1. The molecule has 0 aliphatic heterocycles. The highest BCUT2D eigenvalue weighted by molar-refractivity contribution is 5.62. The van der Waals surface area contributed by atoms with Gasteiger partial charge in [-0.05, 0) is 17.7 Å². The largest absolute Gasteiger partial charge is 0.471 e. The van der Waals surface area contributed by atoms with Gasteiger partial charge in [-0.3, -0.25) is 0 Å². The van der Waals surface area contributed by atoms with Crippen LogP contribution in [0.4, 0.5) is 17.6 Å². The molecule has 2 rings (SSSR count). The van der Waals surface area contributed by atoms with Crippen molar-refractivity contribution < 1.29 is 36.4 Å². The molecule has 0 bridgehead atoms. The van der Waals surface area contributed by atoms with Crippen LogP contribution in [0.15, 0.2) is 22.7 Å². The van der Waals surface area contributed by atoms with Gasteiger partial charge in [0.15, 0.2) is 6.29 Å². The monoisotopic (exact) mass is 348 g/mol. The molecule has 1 heterocycles. The number of hydrogen-bond donors (Lipinski definition) is 0. The third-order valence-corrected chi connectivity index (χ3v) is 2.94. The maximum Gasteiger partial charge on any atom is 0.471 e. The van der Waals surface area contributed by atoms with E-state index in [2.05, 4.69) is 14.7 Å². The lowest BCUT2D eigenvalue weighted by molar-refractivity contribution is -0.159. The third-order valence-electron chi connectivity index (χ3n) is 2.94. The third kappa shape index (κ3) is 4.15. The van der Waals surface area contributed by atoms with E-state index in [0.717, 1.165) is 12.1 Å². The zero-order valence-corrected chi connectivity index (χ0v) is 12.3. The Kier molecular flexibility index (Phi) is 5.62. The molecule has 6 nitrogen and oxygen atoms in total. The Morgan fingerprint density at radius 2 is 2.08 bits per heavy atom. The summed E-state index contributed by atoms with van der Waals surface area (Å²) in [7, 11) is 1.45. The number of alkyl halides is 3. The van der Waals surface area contributed by atoms with Gasteiger partial charge in [0.1, 0.15) is 11.9 Å². The van der Waals surface area contributed by atoms with E-state index in [1.807, 2.05) is 0 Å². The summed E-state index contributed by atoms with van der Waals surface area (Å²) in [6.07, 6.45) is -5.38. The Morgan fingerprint density at radius 1 is 1.33 bits per heavy atom. The molecule has 0 amide bonds. The highest BCUT2D eigenvalue weighted by atomic mass is 19.4. The van der Waals surface area contributed by atoms with Gasteiger partial charge in [0, 0.05) is 7.11 Å². The molecule has 0 spiro atoms. The number of ether oxygens (including phenoxy) is 2. The maximum absolute atomic E-state index is 14.1. The van der Waals surface area contributed by atoms with Crippen molar-refractivity contribution in [2.75, 3.05) is 20.3 Å². The number of rotatable bonds is 7. The van der Waals surface area contributed by atoms with E-state index in [9.17, 15) is 22.4 Å². The van der Waals surface area contributed by atoms with E-state index in [-0.39, 0.29) is 24.3 Å². The highest BCUT2D eigenvalue weighted by Crippen LogP contribution is 2.30. The van der Waals surface area contributed by atoms with Gasteiger partial charge in [-0.1, -0.05) is 11.2 Å². The maximum atomic E-state index is 14.1. The standard InChI is InChI=1S/C14H12F4N2O4/c1-22-4-5-23-11(7-21)8-2-3-9(10(15)6-8)12-19-13(24-20-12)14(16,17)18/h2-3,6-7,11H,4-5H2,1H3. The minimum Gasteiger partial charge on any atom is -0.382 e. The van der Waals surface area contributed by atoms with Crippen LogP contribution in [-0.2, 0) is 20.4 Å². The quantitative estimate of drug-likeness (QED) is 0.435. The van der Waals surface area contributed by atoms with Gasteiger partial charge in [0.25, 0.3) is 0 Å². The fraction of sp³-hybridized carbons (Fsp3) is 0.357. The van der Waals surface area contributed by atoms with Gasteiger partial charge in [0.2, 0.25) is 5.82 Å². The molecule has 1 unspecified atom stereocenters. The average molecular weight is 348 g/mol. The van der Waals surface area contributed by atoms with Gasteiger partial charge in [-0.15, -0.1) is 0 Å². The molecule has 0 saturated heterocycles. The second kappa shape index (κ2) is 7.49. The van der Waals surface area contributed by atoms with E-state index in [4.69, 9.17) is 9.47 Å². The minimum absolute atomic E-state index is 0.114. The van der Waals surface area contributed by atoms with Gasteiger partial charge < -0.3 is 18.8 Å². The minimum atomic E-state index is -4.82. The van der Waals surface area contributed by atoms with E-state index in [1.165, 1.54) is 13.2 Å². The van der Waals surface area contributed by atoms with Crippen molar-refractivity contribution >= 4 is 6.29 Å². The number of nitrogens with zero attached hydrogens (tertiary/aromatic N) is 2. The van der Waals surface area contributed by atoms with Crippen LogP contribution in [0.1, 0.15) is 17.6 Å². The lowest BCUT2D eigenvalue weighted by Crippen LogP contribution is -2.10. The highest BCUT2D eigenvalue weighted by Gasteiger charge is 2.38. The first-order chi connectivity index (χ1) is 11.4. The molecule has 0 saturated carbocycles. The summed E-state index contributed by atoms with van der Waals surface area (Å²) in [4.78, 5) is 14.1. The molecule has 1 aromatic heterocycles. The lowest BCUT2D eigenvalue weighted by atomic mass is 10.1. The van der Waals surface area contributed by atoms with Crippen LogP contribution in [0.3, 0.4) is 0 Å². The van der Waals surface area contributed by atoms with Crippen molar-refractivity contribution in [3.8, 4) is 11.4 Å². The Labute approximate surface area is 133 Å². The molecule has 0 fully saturated rings. The van der Waals surface area contributed by atoms with Crippen LogP contribution < -0.4 is 0 Å². The number of halogens is 4. The van der Waals surface area contributed by atoms with Crippen molar-refractivity contribution in [2.45, 2.75) is 12.3 Å². The van der Waals surface area contributed by atoms with E-state index in [1.54, 1.807) is 0 Å². The number of carbonyl (C=O) groups is 1. The number of hydrogen-bond acceptors (Lipinski definition) is 6. The first kappa shape index (κ1) is 18.0. The predicted octanol–water partition coefficient (Wildman–Crippen LogP) is 2.80. The number of methoxy groups -OCH3 is 1. The molecule has 130 valence electrons. The average Bonchev–Trinajstić information content (AvgIpc) is 3.01. The molecule has 2 aromatic rings. The van der Waals surface area contributed by atoms with E-state index < -0.39 is 29.8 Å². The van der Waals surface area contributed by atoms with Crippen molar-refractivity contribution in [3.63, 3.8) is 0 Å². The molecule has 1 atom stereocenters. The smallest absolute Gasteiger partial charge is 0.382 e. The van der Waals surface area contributed by atoms with Crippen LogP contribution in [0, 0.1) is 5.82 Å². The van der Waals surface area contributed by atoms with Crippen molar-refractivity contribution in [1.29, 1.82) is 0 Å². The number of benzene rings is 1. The molecule has 1 aromatic carbocycles.